The average molecular weight is 210 g/mol. The summed E-state index contributed by atoms with van der Waals surface area (Å²) in [5.74, 6) is -0.918. The Balaban J connectivity index is 0.00000144. The van der Waals surface area contributed by atoms with Crippen molar-refractivity contribution in [1.82, 2.24) is 0 Å². The van der Waals surface area contributed by atoms with E-state index in [1.807, 2.05) is 13.8 Å². The molecule has 0 spiro atoms. The summed E-state index contributed by atoms with van der Waals surface area (Å²) in [6.07, 6.45) is 0.402. The zero-order valence-electron chi connectivity index (χ0n) is 7.82. The molecule has 1 heterocycles. The lowest BCUT2D eigenvalue weighted by atomic mass is 9.91. The highest BCUT2D eigenvalue weighted by Gasteiger charge is 2.36. The quantitative estimate of drug-likeness (QED) is 0.670. The van der Waals surface area contributed by atoms with E-state index in [4.69, 9.17) is 15.6 Å². The summed E-state index contributed by atoms with van der Waals surface area (Å²) >= 11 is 0. The van der Waals surface area contributed by atoms with Gasteiger partial charge in [-0.15, -0.1) is 12.4 Å². The van der Waals surface area contributed by atoms with Crippen molar-refractivity contribution < 1.29 is 14.6 Å². The van der Waals surface area contributed by atoms with Crippen LogP contribution in [-0.4, -0.2) is 28.8 Å². The maximum absolute atomic E-state index is 10.6. The van der Waals surface area contributed by atoms with Gasteiger partial charge >= 0.3 is 5.97 Å². The van der Waals surface area contributed by atoms with E-state index in [0.29, 0.717) is 6.42 Å². The maximum atomic E-state index is 10.6. The van der Waals surface area contributed by atoms with Gasteiger partial charge in [-0.3, -0.25) is 0 Å². The Kier molecular flexibility index (Phi) is 4.16. The molecule has 1 saturated heterocycles. The van der Waals surface area contributed by atoms with Gasteiger partial charge in [-0.25, -0.2) is 4.79 Å². The number of hydrogen-bond acceptors (Lipinski definition) is 3. The van der Waals surface area contributed by atoms with Crippen molar-refractivity contribution in [1.29, 1.82) is 0 Å². The topological polar surface area (TPSA) is 72.6 Å². The molecule has 0 saturated carbocycles. The highest BCUT2D eigenvalue weighted by Crippen LogP contribution is 2.27. The normalized spacial score (nSPS) is 31.9. The number of carboxylic acids is 1. The number of hydrogen-bond donors (Lipinski definition) is 2. The van der Waals surface area contributed by atoms with Crippen molar-refractivity contribution in [2.24, 2.45) is 5.73 Å². The molecule has 3 N–H and O–H groups in total. The third-order valence-electron chi connectivity index (χ3n) is 2.01. The Morgan fingerprint density at radius 2 is 2.15 bits per heavy atom. The molecule has 1 rings (SSSR count). The molecule has 5 heteroatoms. The summed E-state index contributed by atoms with van der Waals surface area (Å²) in [6, 6.07) is -0.0603. The fourth-order valence-corrected chi connectivity index (χ4v) is 1.62. The first-order valence-electron chi connectivity index (χ1n) is 4.07. The standard InChI is InChI=1S/C8H15NO3.ClH/c1-8(2)4-5(9)3-6(12-8)7(10)11;/h5-6H,3-4,9H2,1-2H3,(H,10,11);1H/t5-,6+;/m1./s1. The van der Waals surface area contributed by atoms with E-state index in [0.717, 1.165) is 6.42 Å². The molecule has 1 aliphatic rings. The number of rotatable bonds is 1. The first-order valence-corrected chi connectivity index (χ1v) is 4.07. The number of carboxylic acid groups (broad SMARTS) is 1. The van der Waals surface area contributed by atoms with E-state index in [1.54, 1.807) is 0 Å². The second-order valence-corrected chi connectivity index (χ2v) is 3.90. The minimum Gasteiger partial charge on any atom is -0.479 e. The van der Waals surface area contributed by atoms with Crippen molar-refractivity contribution >= 4 is 18.4 Å². The summed E-state index contributed by atoms with van der Waals surface area (Å²) in [7, 11) is 0. The zero-order valence-corrected chi connectivity index (χ0v) is 8.63. The van der Waals surface area contributed by atoms with Crippen molar-refractivity contribution in [3.05, 3.63) is 0 Å². The fourth-order valence-electron chi connectivity index (χ4n) is 1.62. The lowest BCUT2D eigenvalue weighted by Crippen LogP contribution is -2.48. The molecule has 78 valence electrons. The van der Waals surface area contributed by atoms with Crippen molar-refractivity contribution in [3.8, 4) is 0 Å². The molecule has 0 radical (unpaired) electrons. The molecule has 0 aromatic carbocycles. The van der Waals surface area contributed by atoms with Gasteiger partial charge in [0.1, 0.15) is 0 Å². The van der Waals surface area contributed by atoms with Crippen LogP contribution in [0.3, 0.4) is 0 Å². The van der Waals surface area contributed by atoms with Crippen LogP contribution in [0.2, 0.25) is 0 Å². The Hall–Kier alpha value is -0.320. The Morgan fingerprint density at radius 3 is 2.54 bits per heavy atom. The summed E-state index contributed by atoms with van der Waals surface area (Å²) < 4.78 is 5.33. The first-order chi connectivity index (χ1) is 5.41. The Labute approximate surface area is 83.9 Å². The third-order valence-corrected chi connectivity index (χ3v) is 2.01. The van der Waals surface area contributed by atoms with E-state index in [1.165, 1.54) is 0 Å². The van der Waals surface area contributed by atoms with E-state index in [-0.39, 0.29) is 18.4 Å². The van der Waals surface area contributed by atoms with E-state index < -0.39 is 17.7 Å². The van der Waals surface area contributed by atoms with Gasteiger partial charge in [0.05, 0.1) is 5.60 Å². The van der Waals surface area contributed by atoms with Crippen LogP contribution in [0.4, 0.5) is 0 Å². The number of ether oxygens (including phenoxy) is 1. The van der Waals surface area contributed by atoms with Crippen molar-refractivity contribution in [2.45, 2.75) is 44.4 Å². The van der Waals surface area contributed by atoms with Crippen molar-refractivity contribution in [3.63, 3.8) is 0 Å². The number of aliphatic carboxylic acids is 1. The molecule has 0 aliphatic carbocycles. The van der Waals surface area contributed by atoms with Crippen LogP contribution in [0.5, 0.6) is 0 Å². The number of nitrogens with two attached hydrogens (primary N) is 1. The summed E-state index contributed by atoms with van der Waals surface area (Å²) in [5.41, 5.74) is 5.29. The lowest BCUT2D eigenvalue weighted by molar-refractivity contribution is -0.171. The van der Waals surface area contributed by atoms with Crippen molar-refractivity contribution in [2.75, 3.05) is 0 Å². The molecule has 4 nitrogen and oxygen atoms in total. The maximum Gasteiger partial charge on any atom is 0.332 e. The molecule has 0 amide bonds. The van der Waals surface area contributed by atoms with E-state index >= 15 is 0 Å². The smallest absolute Gasteiger partial charge is 0.332 e. The second-order valence-electron chi connectivity index (χ2n) is 3.90. The summed E-state index contributed by atoms with van der Waals surface area (Å²) in [4.78, 5) is 10.6. The zero-order chi connectivity index (χ0) is 9.35. The minimum absolute atomic E-state index is 0. The predicted molar refractivity (Wildman–Crippen MR) is 51.0 cm³/mol. The van der Waals surface area contributed by atoms with Crippen LogP contribution >= 0.6 is 12.4 Å². The van der Waals surface area contributed by atoms with Crippen LogP contribution in [0, 0.1) is 0 Å². The Bertz CT molecular complexity index is 196. The van der Waals surface area contributed by atoms with Gasteiger partial charge < -0.3 is 15.6 Å². The van der Waals surface area contributed by atoms with Crippen LogP contribution in [0.1, 0.15) is 26.7 Å². The number of halogens is 1. The van der Waals surface area contributed by atoms with Crippen LogP contribution < -0.4 is 5.73 Å². The van der Waals surface area contributed by atoms with Gasteiger partial charge in [0.15, 0.2) is 6.10 Å². The molecule has 0 unspecified atom stereocenters. The van der Waals surface area contributed by atoms with Gasteiger partial charge in [0.2, 0.25) is 0 Å². The molecule has 0 bridgehead atoms. The van der Waals surface area contributed by atoms with Gasteiger partial charge in [0.25, 0.3) is 0 Å². The molecule has 13 heavy (non-hydrogen) atoms. The summed E-state index contributed by atoms with van der Waals surface area (Å²) in [5, 5.41) is 8.71. The molecular formula is C8H16ClNO3. The first kappa shape index (κ1) is 12.7. The largest absolute Gasteiger partial charge is 0.479 e. The van der Waals surface area contributed by atoms with Crippen LogP contribution in [0.25, 0.3) is 0 Å². The predicted octanol–water partition coefficient (Wildman–Crippen LogP) is 0.778. The van der Waals surface area contributed by atoms with Gasteiger partial charge in [-0.1, -0.05) is 0 Å². The SMILES string of the molecule is CC1(C)C[C@H](N)C[C@@H](C(=O)O)O1.Cl. The molecule has 2 atom stereocenters. The van der Waals surface area contributed by atoms with E-state index in [9.17, 15) is 4.79 Å². The van der Waals surface area contributed by atoms with E-state index in [2.05, 4.69) is 0 Å². The van der Waals surface area contributed by atoms with Crippen LogP contribution in [0.15, 0.2) is 0 Å². The van der Waals surface area contributed by atoms with Gasteiger partial charge in [-0.05, 0) is 26.7 Å². The second kappa shape index (κ2) is 4.26. The third kappa shape index (κ3) is 3.50. The number of carbonyl (C=O) groups is 1. The van der Waals surface area contributed by atoms with Crippen LogP contribution in [-0.2, 0) is 9.53 Å². The molecule has 1 fully saturated rings. The Morgan fingerprint density at radius 1 is 1.62 bits per heavy atom. The molecular weight excluding hydrogens is 194 g/mol. The van der Waals surface area contributed by atoms with Gasteiger partial charge in [-0.2, -0.15) is 0 Å². The lowest BCUT2D eigenvalue weighted by Gasteiger charge is -2.37. The molecule has 0 aromatic heterocycles. The monoisotopic (exact) mass is 209 g/mol. The summed E-state index contributed by atoms with van der Waals surface area (Å²) in [6.45, 7) is 3.73. The molecule has 1 aliphatic heterocycles. The highest BCUT2D eigenvalue weighted by molar-refractivity contribution is 5.85. The highest BCUT2D eigenvalue weighted by atomic mass is 35.5. The minimum atomic E-state index is -0.918. The fraction of sp³-hybridized carbons (Fsp3) is 0.875. The molecule has 0 aromatic rings. The van der Waals surface area contributed by atoms with Gasteiger partial charge in [0, 0.05) is 6.04 Å². The average Bonchev–Trinajstić information content (AvgIpc) is 1.82.